The number of esters is 1. The monoisotopic (exact) mass is 539 g/mol. The second-order valence-electron chi connectivity index (χ2n) is 7.85. The molecule has 0 N–H and O–H groups in total. The standard InChI is InChI=1S/C24H18O7P.3C2H6/c1-11(25)29-10-19(27)14-3-16-9-30-20-6-13(18(26)5-12-4-17(12)24(28)32)2-15-8-31-21(7-14)23(16)22(15)20;3*1-2/h2-4,6-7H,5,8-10,32H2,1H3;3*1-2H3. The van der Waals surface area contributed by atoms with Crippen LogP contribution in [-0.4, -0.2) is 29.7 Å². The van der Waals surface area contributed by atoms with E-state index in [0.29, 0.717) is 28.5 Å². The Morgan fingerprint density at radius 2 is 1.26 bits per heavy atom. The number of hydrogen-bond acceptors (Lipinski definition) is 7. The summed E-state index contributed by atoms with van der Waals surface area (Å²) in [6.45, 7) is 13.4. The third kappa shape index (κ3) is 6.76. The van der Waals surface area contributed by atoms with Gasteiger partial charge < -0.3 is 14.2 Å². The Labute approximate surface area is 227 Å². The molecule has 0 fully saturated rings. The molecule has 5 rings (SSSR count). The molecule has 2 heterocycles. The Bertz CT molecular complexity index is 1210. The number of ketones is 2. The second-order valence-corrected chi connectivity index (χ2v) is 8.37. The molecule has 1 unspecified atom stereocenters. The van der Waals surface area contributed by atoms with Gasteiger partial charge in [-0.3, -0.25) is 19.2 Å². The quantitative estimate of drug-likeness (QED) is 0.227. The molecule has 1 radical (unpaired) electrons. The first-order valence-electron chi connectivity index (χ1n) is 13.0. The van der Waals surface area contributed by atoms with Gasteiger partial charge in [-0.15, -0.1) is 0 Å². The maximum atomic E-state index is 12.8. The van der Waals surface area contributed by atoms with Crippen LogP contribution in [0.4, 0.5) is 0 Å². The van der Waals surface area contributed by atoms with E-state index in [4.69, 9.17) is 14.2 Å². The topological polar surface area (TPSA) is 96.0 Å². The normalized spacial score (nSPS) is 13.1. The minimum atomic E-state index is -0.520. The van der Waals surface area contributed by atoms with Gasteiger partial charge in [0.2, 0.25) is 0 Å². The summed E-state index contributed by atoms with van der Waals surface area (Å²) in [5.41, 5.74) is 4.88. The zero-order chi connectivity index (χ0) is 28.6. The van der Waals surface area contributed by atoms with E-state index in [0.717, 1.165) is 27.8 Å². The fourth-order valence-electron chi connectivity index (χ4n) is 4.04. The lowest BCUT2D eigenvalue weighted by Gasteiger charge is -2.30. The lowest BCUT2D eigenvalue weighted by Crippen LogP contribution is -2.18. The molecule has 0 bridgehead atoms. The van der Waals surface area contributed by atoms with Crippen LogP contribution in [0.5, 0.6) is 11.5 Å². The Balaban J connectivity index is 0.000000791. The van der Waals surface area contributed by atoms with E-state index in [-0.39, 0.29) is 43.3 Å². The Kier molecular flexibility index (Phi) is 11.4. The number of hydrogen-bond donors (Lipinski definition) is 0. The van der Waals surface area contributed by atoms with E-state index >= 15 is 0 Å². The predicted octanol–water partition coefficient (Wildman–Crippen LogP) is 6.45. The molecular formula is C30H36O7P. The van der Waals surface area contributed by atoms with Crippen molar-refractivity contribution in [1.29, 1.82) is 0 Å². The minimum absolute atomic E-state index is 0.0943. The lowest BCUT2D eigenvalue weighted by molar-refractivity contribution is -0.139. The van der Waals surface area contributed by atoms with Gasteiger partial charge in [0.25, 0.3) is 0 Å². The Morgan fingerprint density at radius 1 is 0.789 bits per heavy atom. The fraction of sp³-hybridized carbons (Fsp3) is 0.367. The molecule has 7 nitrogen and oxygen atoms in total. The molecule has 0 amide bonds. The van der Waals surface area contributed by atoms with Crippen molar-refractivity contribution in [2.24, 2.45) is 0 Å². The van der Waals surface area contributed by atoms with Gasteiger partial charge in [-0.1, -0.05) is 56.9 Å². The van der Waals surface area contributed by atoms with E-state index < -0.39 is 5.97 Å². The summed E-state index contributed by atoms with van der Waals surface area (Å²) >= 11 is 0. The summed E-state index contributed by atoms with van der Waals surface area (Å²) in [6, 6.07) is 6.90. The van der Waals surface area contributed by atoms with Gasteiger partial charge in [0.15, 0.2) is 23.7 Å². The molecule has 2 aliphatic heterocycles. The molecule has 2 aromatic carbocycles. The third-order valence-electron chi connectivity index (χ3n) is 5.63. The van der Waals surface area contributed by atoms with E-state index in [1.807, 2.05) is 41.5 Å². The molecule has 203 valence electrons. The summed E-state index contributed by atoms with van der Waals surface area (Å²) in [4.78, 5) is 47.5. The summed E-state index contributed by atoms with van der Waals surface area (Å²) in [6.07, 6.45) is 1.89. The molecule has 0 aromatic heterocycles. The number of benzene rings is 2. The van der Waals surface area contributed by atoms with Crippen LogP contribution < -0.4 is 9.47 Å². The van der Waals surface area contributed by atoms with Crippen LogP contribution in [0, 0.1) is 5.92 Å². The van der Waals surface area contributed by atoms with Gasteiger partial charge in [-0.2, -0.15) is 0 Å². The van der Waals surface area contributed by atoms with Gasteiger partial charge in [0.1, 0.15) is 24.7 Å². The summed E-state index contributed by atoms with van der Waals surface area (Å²) in [5, 5.41) is 0. The highest BCUT2D eigenvalue weighted by Gasteiger charge is 2.34. The van der Waals surface area contributed by atoms with Crippen LogP contribution in [-0.2, 0) is 27.5 Å². The third-order valence-corrected chi connectivity index (χ3v) is 5.94. The van der Waals surface area contributed by atoms with Crippen molar-refractivity contribution in [3.05, 3.63) is 64.1 Å². The Morgan fingerprint density at radius 3 is 1.68 bits per heavy atom. The van der Waals surface area contributed by atoms with Gasteiger partial charge in [-0.25, -0.2) is 0 Å². The number of ether oxygens (including phenoxy) is 3. The number of carbonyl (C=O) groups excluding carboxylic acids is 4. The molecule has 1 aliphatic carbocycles. The Hall–Kier alpha value is -3.31. The second kappa shape index (κ2) is 14.0. The van der Waals surface area contributed by atoms with Crippen molar-refractivity contribution in [3.8, 4) is 22.6 Å². The van der Waals surface area contributed by atoms with Crippen molar-refractivity contribution < 1.29 is 33.4 Å². The number of allylic oxidation sites excluding steroid dienone is 2. The molecular weight excluding hydrogens is 503 g/mol. The molecule has 3 aliphatic rings. The van der Waals surface area contributed by atoms with E-state index in [1.165, 1.54) is 6.92 Å². The predicted molar refractivity (Wildman–Crippen MR) is 151 cm³/mol. The van der Waals surface area contributed by atoms with Crippen LogP contribution in [0.25, 0.3) is 11.1 Å². The van der Waals surface area contributed by atoms with Crippen LogP contribution in [0.15, 0.2) is 35.9 Å². The molecule has 0 spiro atoms. The van der Waals surface area contributed by atoms with Crippen molar-refractivity contribution in [2.45, 2.75) is 68.1 Å². The summed E-state index contributed by atoms with van der Waals surface area (Å²) in [7, 11) is 2.11. The molecule has 0 saturated heterocycles. The first-order valence-corrected chi connectivity index (χ1v) is 13.6. The molecule has 38 heavy (non-hydrogen) atoms. The zero-order valence-corrected chi connectivity index (χ0v) is 24.3. The minimum Gasteiger partial charge on any atom is -0.488 e. The van der Waals surface area contributed by atoms with Crippen LogP contribution in [0.3, 0.4) is 0 Å². The van der Waals surface area contributed by atoms with Gasteiger partial charge >= 0.3 is 5.97 Å². The summed E-state index contributed by atoms with van der Waals surface area (Å²) in [5.74, 6) is 0.815. The lowest BCUT2D eigenvalue weighted by atomic mass is 9.87. The molecule has 0 saturated carbocycles. The zero-order valence-electron chi connectivity index (χ0n) is 23.2. The molecule has 2 aromatic rings. The smallest absolute Gasteiger partial charge is 0.303 e. The SMILES string of the molecule is CC.CC.CC.CC(=O)OCC(=O)c1cc2c3c(c1)OCc1cc(C(=O)CC4=C[C]4C(=O)P)cc(c1-3)OC2. The first kappa shape index (κ1) is 30.9. The maximum absolute atomic E-state index is 12.8. The van der Waals surface area contributed by atoms with Crippen molar-refractivity contribution in [1.82, 2.24) is 0 Å². The van der Waals surface area contributed by atoms with E-state index in [9.17, 15) is 19.2 Å². The number of carbonyl (C=O) groups is 4. The fourth-order valence-corrected chi connectivity index (χ4v) is 4.31. The van der Waals surface area contributed by atoms with Crippen LogP contribution in [0.2, 0.25) is 0 Å². The average Bonchev–Trinajstić information content (AvgIpc) is 3.72. The van der Waals surface area contributed by atoms with Gasteiger partial charge in [-0.05, 0) is 29.8 Å². The highest BCUT2D eigenvalue weighted by molar-refractivity contribution is 7.41. The average molecular weight is 540 g/mol. The first-order chi connectivity index (χ1) is 18.3. The highest BCUT2D eigenvalue weighted by Crippen LogP contribution is 2.49. The van der Waals surface area contributed by atoms with Crippen molar-refractivity contribution >= 4 is 32.3 Å². The molecule has 8 heteroatoms. The highest BCUT2D eigenvalue weighted by atomic mass is 31.0. The maximum Gasteiger partial charge on any atom is 0.303 e. The number of Topliss-reactive ketones (excluding diaryl/α,β-unsaturated/α-hetero) is 2. The number of rotatable bonds is 7. The largest absolute Gasteiger partial charge is 0.488 e. The molecule has 1 atom stereocenters. The van der Waals surface area contributed by atoms with E-state index in [1.54, 1.807) is 30.3 Å². The van der Waals surface area contributed by atoms with Crippen molar-refractivity contribution in [3.63, 3.8) is 0 Å². The van der Waals surface area contributed by atoms with Gasteiger partial charge in [0, 0.05) is 46.7 Å². The van der Waals surface area contributed by atoms with E-state index in [2.05, 4.69) is 9.24 Å². The van der Waals surface area contributed by atoms with Crippen molar-refractivity contribution in [2.75, 3.05) is 6.61 Å². The van der Waals surface area contributed by atoms with Crippen LogP contribution >= 0.6 is 9.24 Å². The van der Waals surface area contributed by atoms with Crippen LogP contribution in [0.1, 0.15) is 86.7 Å². The summed E-state index contributed by atoms with van der Waals surface area (Å²) < 4.78 is 16.7. The van der Waals surface area contributed by atoms with Gasteiger partial charge in [0.05, 0.1) is 5.92 Å².